The van der Waals surface area contributed by atoms with Gasteiger partial charge in [-0.1, -0.05) is 0 Å². The molecule has 3 nitrogen and oxygen atoms in total. The molecule has 0 radical (unpaired) electrons. The minimum atomic E-state index is 0.650. The average molecular weight is 146 g/mol. The number of nitrogens with zero attached hydrogens (tertiary/aromatic N) is 1. The van der Waals surface area contributed by atoms with Crippen LogP contribution in [0.3, 0.4) is 0 Å². The number of nitrogen functional groups attached to an aromatic ring is 1. The van der Waals surface area contributed by atoms with Gasteiger partial charge in [-0.3, -0.25) is 0 Å². The molecule has 0 aliphatic carbocycles. The standard InChI is InChI=1S/C4H6N2S.CH4O/c1-3-2-6-4(5)7-3;1-2/h2H,1H3,(H2,5,6);2H,1H3. The first-order valence-electron chi connectivity index (χ1n) is 2.41. The Morgan fingerprint density at radius 3 is 2.33 bits per heavy atom. The first-order chi connectivity index (χ1) is 4.29. The van der Waals surface area contributed by atoms with Gasteiger partial charge in [0.15, 0.2) is 5.13 Å². The molecule has 4 heteroatoms. The van der Waals surface area contributed by atoms with E-state index in [4.69, 9.17) is 10.8 Å². The molecule has 0 amide bonds. The Labute approximate surface area is 58.2 Å². The minimum absolute atomic E-state index is 0.650. The van der Waals surface area contributed by atoms with Crippen molar-refractivity contribution in [1.29, 1.82) is 0 Å². The van der Waals surface area contributed by atoms with E-state index in [9.17, 15) is 0 Å². The zero-order valence-corrected chi connectivity index (χ0v) is 6.27. The maximum atomic E-state index is 7.00. The topological polar surface area (TPSA) is 59.1 Å². The van der Waals surface area contributed by atoms with E-state index in [1.807, 2.05) is 6.92 Å². The summed E-state index contributed by atoms with van der Waals surface area (Å²) in [5.41, 5.74) is 5.29. The van der Waals surface area contributed by atoms with E-state index >= 15 is 0 Å². The summed E-state index contributed by atoms with van der Waals surface area (Å²) in [6.45, 7) is 1.98. The van der Waals surface area contributed by atoms with Crippen LogP contribution in [0, 0.1) is 6.92 Å². The number of hydrogen-bond donors (Lipinski definition) is 2. The second kappa shape index (κ2) is 4.29. The van der Waals surface area contributed by atoms with Gasteiger partial charge < -0.3 is 10.8 Å². The molecule has 0 saturated heterocycles. The Morgan fingerprint density at radius 1 is 1.67 bits per heavy atom. The lowest BCUT2D eigenvalue weighted by molar-refractivity contribution is 0.399. The normalized spacial score (nSPS) is 7.89. The summed E-state index contributed by atoms with van der Waals surface area (Å²) in [5.74, 6) is 0. The summed E-state index contributed by atoms with van der Waals surface area (Å²) < 4.78 is 0. The first kappa shape index (κ1) is 8.39. The number of aliphatic hydroxyl groups is 1. The molecule has 0 atom stereocenters. The molecule has 3 N–H and O–H groups in total. The van der Waals surface area contributed by atoms with Crippen molar-refractivity contribution in [1.82, 2.24) is 4.98 Å². The number of aliphatic hydroxyl groups excluding tert-OH is 1. The van der Waals surface area contributed by atoms with Crippen LogP contribution < -0.4 is 5.73 Å². The van der Waals surface area contributed by atoms with Gasteiger partial charge in [0, 0.05) is 18.2 Å². The van der Waals surface area contributed by atoms with E-state index < -0.39 is 0 Å². The van der Waals surface area contributed by atoms with Gasteiger partial charge in [-0.25, -0.2) is 4.98 Å². The second-order valence-electron chi connectivity index (χ2n) is 1.31. The molecule has 0 aliphatic rings. The largest absolute Gasteiger partial charge is 0.400 e. The summed E-state index contributed by atoms with van der Waals surface area (Å²) >= 11 is 1.51. The fourth-order valence-corrected chi connectivity index (χ4v) is 0.913. The van der Waals surface area contributed by atoms with Crippen LogP contribution >= 0.6 is 11.3 Å². The van der Waals surface area contributed by atoms with Crippen molar-refractivity contribution in [2.24, 2.45) is 0 Å². The van der Waals surface area contributed by atoms with E-state index in [1.54, 1.807) is 6.20 Å². The quantitative estimate of drug-likeness (QED) is 0.564. The lowest BCUT2D eigenvalue weighted by Gasteiger charge is -1.70. The van der Waals surface area contributed by atoms with Crippen LogP contribution in [0.1, 0.15) is 4.88 Å². The fourth-order valence-electron chi connectivity index (χ4n) is 0.372. The van der Waals surface area contributed by atoms with Crippen molar-refractivity contribution >= 4 is 16.5 Å². The summed E-state index contributed by atoms with van der Waals surface area (Å²) in [6.07, 6.45) is 1.76. The van der Waals surface area contributed by atoms with Gasteiger partial charge >= 0.3 is 0 Å². The van der Waals surface area contributed by atoms with Crippen molar-refractivity contribution in [3.63, 3.8) is 0 Å². The van der Waals surface area contributed by atoms with E-state index in [0.717, 1.165) is 12.0 Å². The second-order valence-corrected chi connectivity index (χ2v) is 2.58. The number of anilines is 1. The number of hydrogen-bond acceptors (Lipinski definition) is 4. The number of nitrogens with two attached hydrogens (primary N) is 1. The predicted octanol–water partition coefficient (Wildman–Crippen LogP) is 0.642. The summed E-state index contributed by atoms with van der Waals surface area (Å²) in [6, 6.07) is 0. The van der Waals surface area contributed by atoms with Crippen LogP contribution in [-0.4, -0.2) is 17.2 Å². The van der Waals surface area contributed by atoms with Crippen LogP contribution in [0.4, 0.5) is 5.13 Å². The summed E-state index contributed by atoms with van der Waals surface area (Å²) in [5, 5.41) is 7.65. The first-order valence-corrected chi connectivity index (χ1v) is 3.23. The van der Waals surface area contributed by atoms with Crippen molar-refractivity contribution in [2.75, 3.05) is 12.8 Å². The van der Waals surface area contributed by atoms with Crippen LogP contribution in [0.2, 0.25) is 0 Å². The Morgan fingerprint density at radius 2 is 2.22 bits per heavy atom. The lowest BCUT2D eigenvalue weighted by atomic mass is 10.7. The molecule has 0 spiro atoms. The molecule has 52 valence electrons. The van der Waals surface area contributed by atoms with Crippen molar-refractivity contribution in [3.05, 3.63) is 11.1 Å². The maximum absolute atomic E-state index is 7.00. The summed E-state index contributed by atoms with van der Waals surface area (Å²) in [4.78, 5) is 4.98. The van der Waals surface area contributed by atoms with Gasteiger partial charge in [-0.15, -0.1) is 11.3 Å². The molecule has 9 heavy (non-hydrogen) atoms. The Kier molecular flexibility index (Phi) is 4.00. The lowest BCUT2D eigenvalue weighted by Crippen LogP contribution is -1.77. The van der Waals surface area contributed by atoms with Gasteiger partial charge in [0.1, 0.15) is 0 Å². The molecule has 0 bridgehead atoms. The summed E-state index contributed by atoms with van der Waals surface area (Å²) in [7, 11) is 1.00. The highest BCUT2D eigenvalue weighted by atomic mass is 32.1. The van der Waals surface area contributed by atoms with Gasteiger partial charge in [0.05, 0.1) is 0 Å². The molecule has 0 aromatic carbocycles. The van der Waals surface area contributed by atoms with Crippen LogP contribution in [0.25, 0.3) is 0 Å². The van der Waals surface area contributed by atoms with Crippen molar-refractivity contribution in [3.8, 4) is 0 Å². The molecule has 0 saturated carbocycles. The fraction of sp³-hybridized carbons (Fsp3) is 0.400. The maximum Gasteiger partial charge on any atom is 0.180 e. The van der Waals surface area contributed by atoms with Gasteiger partial charge in [-0.05, 0) is 6.92 Å². The van der Waals surface area contributed by atoms with Gasteiger partial charge in [0.2, 0.25) is 0 Å². The van der Waals surface area contributed by atoms with Crippen LogP contribution in [0.5, 0.6) is 0 Å². The zero-order chi connectivity index (χ0) is 7.28. The monoisotopic (exact) mass is 146 g/mol. The number of aryl methyl sites for hydroxylation is 1. The van der Waals surface area contributed by atoms with Crippen LogP contribution in [-0.2, 0) is 0 Å². The van der Waals surface area contributed by atoms with E-state index in [0.29, 0.717) is 5.13 Å². The Hall–Kier alpha value is -0.610. The minimum Gasteiger partial charge on any atom is -0.400 e. The molecule has 0 fully saturated rings. The van der Waals surface area contributed by atoms with Crippen molar-refractivity contribution < 1.29 is 5.11 Å². The third-order valence-corrected chi connectivity index (χ3v) is 1.38. The smallest absolute Gasteiger partial charge is 0.180 e. The molecule has 0 unspecified atom stereocenters. The third-order valence-electron chi connectivity index (χ3n) is 0.639. The average Bonchev–Trinajstić information content (AvgIpc) is 2.20. The highest BCUT2D eigenvalue weighted by Crippen LogP contribution is 2.11. The zero-order valence-electron chi connectivity index (χ0n) is 5.46. The molecular weight excluding hydrogens is 136 g/mol. The number of aromatic nitrogens is 1. The SMILES string of the molecule is CO.Cc1cnc(N)s1. The van der Waals surface area contributed by atoms with E-state index in [1.165, 1.54) is 11.3 Å². The molecule has 0 aliphatic heterocycles. The number of rotatable bonds is 0. The van der Waals surface area contributed by atoms with Crippen LogP contribution in [0.15, 0.2) is 6.20 Å². The van der Waals surface area contributed by atoms with Gasteiger partial charge in [-0.2, -0.15) is 0 Å². The van der Waals surface area contributed by atoms with E-state index in [-0.39, 0.29) is 0 Å². The highest BCUT2D eigenvalue weighted by Gasteiger charge is 1.86. The molecule has 1 aromatic heterocycles. The van der Waals surface area contributed by atoms with E-state index in [2.05, 4.69) is 4.98 Å². The molecule has 1 rings (SSSR count). The predicted molar refractivity (Wildman–Crippen MR) is 39.4 cm³/mol. The highest BCUT2D eigenvalue weighted by molar-refractivity contribution is 7.15. The Balaban J connectivity index is 0.000000291. The number of thiazole rings is 1. The third kappa shape index (κ3) is 3.05. The van der Waals surface area contributed by atoms with Crippen molar-refractivity contribution in [2.45, 2.75) is 6.92 Å². The molecule has 1 heterocycles. The Bertz CT molecular complexity index is 147. The molecule has 1 aromatic rings. The molecular formula is C5H10N2OS. The van der Waals surface area contributed by atoms with Gasteiger partial charge in [0.25, 0.3) is 0 Å².